The molecular weight excluding hydrogens is 506 g/mol. The first-order valence-corrected chi connectivity index (χ1v) is 13.7. The summed E-state index contributed by atoms with van der Waals surface area (Å²) in [6.07, 6.45) is 0.554. The zero-order valence-corrected chi connectivity index (χ0v) is 23.6. The molecular formula is C33H37NO6. The number of benzene rings is 3. The molecule has 1 atom stereocenters. The monoisotopic (exact) mass is 543 g/mol. The predicted octanol–water partition coefficient (Wildman–Crippen LogP) is 6.25. The number of amides is 1. The Morgan fingerprint density at radius 1 is 0.975 bits per heavy atom. The number of hydrogen-bond donors (Lipinski definition) is 1. The van der Waals surface area contributed by atoms with Crippen LogP contribution < -0.4 is 9.47 Å². The molecule has 1 fully saturated rings. The molecule has 0 radical (unpaired) electrons. The fraction of sp³-hybridized carbons (Fsp3) is 0.333. The Morgan fingerprint density at radius 3 is 2.35 bits per heavy atom. The second-order valence-corrected chi connectivity index (χ2v) is 10.0. The number of aliphatic hydroxyl groups excluding tert-OH is 1. The predicted molar refractivity (Wildman–Crippen MR) is 154 cm³/mol. The van der Waals surface area contributed by atoms with Crippen LogP contribution in [0.2, 0.25) is 0 Å². The lowest BCUT2D eigenvalue weighted by molar-refractivity contribution is -0.140. The molecule has 0 bridgehead atoms. The third kappa shape index (κ3) is 6.37. The molecule has 0 spiro atoms. The largest absolute Gasteiger partial charge is 0.507 e. The van der Waals surface area contributed by atoms with Crippen LogP contribution in [-0.4, -0.2) is 48.6 Å². The van der Waals surface area contributed by atoms with E-state index in [0.717, 1.165) is 16.9 Å². The Bertz CT molecular complexity index is 1350. The summed E-state index contributed by atoms with van der Waals surface area (Å²) in [5.41, 5.74) is 3.21. The summed E-state index contributed by atoms with van der Waals surface area (Å²) in [6, 6.07) is 21.8. The van der Waals surface area contributed by atoms with Gasteiger partial charge in [0.25, 0.3) is 11.7 Å². The van der Waals surface area contributed by atoms with Crippen LogP contribution >= 0.6 is 0 Å². The summed E-state index contributed by atoms with van der Waals surface area (Å²) in [6.45, 7) is 7.69. The maximum absolute atomic E-state index is 13.4. The molecule has 7 heteroatoms. The standard InChI is InChI=1S/C33H37NO6/c1-5-39-28-17-14-25(20-27(28)22(2)3)31(35)29-30(34(18-9-19-38-4)33(37)32(29)36)24-12-15-26(16-13-24)40-21-23-10-7-6-8-11-23/h6-8,10-17,20,22,30,35H,5,9,18-19,21H2,1-4H3/b31-29-. The van der Waals surface area contributed by atoms with Crippen molar-refractivity contribution in [1.82, 2.24) is 4.90 Å². The van der Waals surface area contributed by atoms with E-state index in [1.165, 1.54) is 4.90 Å². The molecule has 0 aliphatic carbocycles. The van der Waals surface area contributed by atoms with Gasteiger partial charge < -0.3 is 24.2 Å². The van der Waals surface area contributed by atoms with E-state index in [9.17, 15) is 14.7 Å². The number of ether oxygens (including phenoxy) is 3. The summed E-state index contributed by atoms with van der Waals surface area (Å²) < 4.78 is 16.9. The lowest BCUT2D eigenvalue weighted by Crippen LogP contribution is -2.31. The van der Waals surface area contributed by atoms with Crippen LogP contribution in [0.1, 0.15) is 61.4 Å². The summed E-state index contributed by atoms with van der Waals surface area (Å²) in [7, 11) is 1.60. The van der Waals surface area contributed by atoms with E-state index >= 15 is 0 Å². The summed E-state index contributed by atoms with van der Waals surface area (Å²) >= 11 is 0. The van der Waals surface area contributed by atoms with Gasteiger partial charge in [-0.25, -0.2) is 0 Å². The van der Waals surface area contributed by atoms with Crippen molar-refractivity contribution >= 4 is 17.4 Å². The Kier molecular flexibility index (Phi) is 9.61. The molecule has 1 aliphatic rings. The summed E-state index contributed by atoms with van der Waals surface area (Å²) in [5, 5.41) is 11.5. The van der Waals surface area contributed by atoms with E-state index in [1.807, 2.05) is 81.4 Å². The average molecular weight is 544 g/mol. The normalized spacial score (nSPS) is 16.5. The van der Waals surface area contributed by atoms with Gasteiger partial charge in [0.15, 0.2) is 0 Å². The molecule has 4 rings (SSSR count). The molecule has 0 saturated carbocycles. The van der Waals surface area contributed by atoms with Gasteiger partial charge in [0, 0.05) is 25.8 Å². The van der Waals surface area contributed by atoms with Gasteiger partial charge >= 0.3 is 0 Å². The van der Waals surface area contributed by atoms with Crippen LogP contribution in [-0.2, 0) is 20.9 Å². The van der Waals surface area contributed by atoms with Crippen molar-refractivity contribution in [2.45, 2.75) is 45.8 Å². The van der Waals surface area contributed by atoms with E-state index in [2.05, 4.69) is 0 Å². The first-order valence-electron chi connectivity index (χ1n) is 13.7. The van der Waals surface area contributed by atoms with Crippen LogP contribution in [0.3, 0.4) is 0 Å². The van der Waals surface area contributed by atoms with Crippen molar-refractivity contribution in [3.63, 3.8) is 0 Å². The van der Waals surface area contributed by atoms with Gasteiger partial charge in [0.1, 0.15) is 23.9 Å². The van der Waals surface area contributed by atoms with Gasteiger partial charge in [-0.15, -0.1) is 0 Å². The van der Waals surface area contributed by atoms with E-state index in [0.29, 0.717) is 49.7 Å². The Morgan fingerprint density at radius 2 is 1.70 bits per heavy atom. The highest BCUT2D eigenvalue weighted by Crippen LogP contribution is 2.41. The number of hydrogen-bond acceptors (Lipinski definition) is 6. The highest BCUT2D eigenvalue weighted by Gasteiger charge is 2.45. The lowest BCUT2D eigenvalue weighted by Gasteiger charge is -2.25. The second kappa shape index (κ2) is 13.3. The zero-order chi connectivity index (χ0) is 28.6. The van der Waals surface area contributed by atoms with Crippen molar-refractivity contribution in [2.24, 2.45) is 0 Å². The van der Waals surface area contributed by atoms with Crippen LogP contribution in [0.5, 0.6) is 11.5 Å². The van der Waals surface area contributed by atoms with Crippen molar-refractivity contribution < 1.29 is 28.9 Å². The maximum atomic E-state index is 13.4. The number of carbonyl (C=O) groups is 2. The lowest BCUT2D eigenvalue weighted by atomic mass is 9.93. The summed E-state index contributed by atoms with van der Waals surface area (Å²) in [5.74, 6) is -0.0166. The number of ketones is 1. The third-order valence-electron chi connectivity index (χ3n) is 6.94. The molecule has 1 aliphatic heterocycles. The van der Waals surface area contributed by atoms with Crippen molar-refractivity contribution in [1.29, 1.82) is 0 Å². The molecule has 210 valence electrons. The molecule has 1 saturated heterocycles. The number of Topliss-reactive ketones (excluding diaryl/α,β-unsaturated/α-hetero) is 1. The van der Waals surface area contributed by atoms with Crippen LogP contribution in [0, 0.1) is 0 Å². The minimum absolute atomic E-state index is 0.0687. The number of nitrogens with zero attached hydrogens (tertiary/aromatic N) is 1. The molecule has 0 aromatic heterocycles. The SMILES string of the molecule is CCOc1ccc(/C(O)=C2/C(=O)C(=O)N(CCCOC)C2c2ccc(OCc3ccccc3)cc2)cc1C(C)C. The van der Waals surface area contributed by atoms with Crippen molar-refractivity contribution in [3.8, 4) is 11.5 Å². The first-order chi connectivity index (χ1) is 19.3. The van der Waals surface area contributed by atoms with Gasteiger partial charge in [-0.3, -0.25) is 9.59 Å². The second-order valence-electron chi connectivity index (χ2n) is 10.0. The zero-order valence-electron chi connectivity index (χ0n) is 23.6. The number of likely N-dealkylation sites (tertiary alicyclic amines) is 1. The molecule has 7 nitrogen and oxygen atoms in total. The number of aliphatic hydroxyl groups is 1. The number of methoxy groups -OCH3 is 1. The molecule has 1 unspecified atom stereocenters. The molecule has 1 amide bonds. The van der Waals surface area contributed by atoms with Crippen molar-refractivity contribution in [3.05, 3.63) is 101 Å². The molecule has 3 aromatic rings. The Labute approximate surface area is 236 Å². The van der Waals surface area contributed by atoms with Gasteiger partial charge in [-0.1, -0.05) is 56.3 Å². The van der Waals surface area contributed by atoms with Gasteiger partial charge in [-0.2, -0.15) is 0 Å². The molecule has 40 heavy (non-hydrogen) atoms. The van der Waals surface area contributed by atoms with E-state index < -0.39 is 17.7 Å². The third-order valence-corrected chi connectivity index (χ3v) is 6.94. The smallest absolute Gasteiger partial charge is 0.295 e. The van der Waals surface area contributed by atoms with Crippen LogP contribution in [0.15, 0.2) is 78.4 Å². The van der Waals surface area contributed by atoms with Gasteiger partial charge in [-0.05, 0) is 66.3 Å². The molecule has 1 heterocycles. The maximum Gasteiger partial charge on any atom is 0.295 e. The minimum atomic E-state index is -0.742. The molecule has 3 aromatic carbocycles. The van der Waals surface area contributed by atoms with Gasteiger partial charge in [0.2, 0.25) is 0 Å². The Balaban J connectivity index is 1.71. The highest BCUT2D eigenvalue weighted by molar-refractivity contribution is 6.46. The van der Waals surface area contributed by atoms with E-state index in [4.69, 9.17) is 14.2 Å². The van der Waals surface area contributed by atoms with Crippen LogP contribution in [0.25, 0.3) is 5.76 Å². The fourth-order valence-corrected chi connectivity index (χ4v) is 4.91. The average Bonchev–Trinajstić information content (AvgIpc) is 3.22. The first kappa shape index (κ1) is 28.9. The quantitative estimate of drug-likeness (QED) is 0.126. The van der Waals surface area contributed by atoms with E-state index in [-0.39, 0.29) is 17.3 Å². The van der Waals surface area contributed by atoms with Gasteiger partial charge in [0.05, 0.1) is 18.2 Å². The minimum Gasteiger partial charge on any atom is -0.507 e. The van der Waals surface area contributed by atoms with E-state index in [1.54, 1.807) is 19.2 Å². The van der Waals surface area contributed by atoms with Crippen molar-refractivity contribution in [2.75, 3.05) is 26.9 Å². The Hall–Kier alpha value is -4.10. The fourth-order valence-electron chi connectivity index (χ4n) is 4.91. The topological polar surface area (TPSA) is 85.3 Å². The molecule has 1 N–H and O–H groups in total. The summed E-state index contributed by atoms with van der Waals surface area (Å²) in [4.78, 5) is 28.1. The van der Waals surface area contributed by atoms with Crippen LogP contribution in [0.4, 0.5) is 0 Å². The number of rotatable bonds is 12. The highest BCUT2D eigenvalue weighted by atomic mass is 16.5. The number of carbonyl (C=O) groups excluding carboxylic acids is 2.